The molecule has 0 saturated heterocycles. The van der Waals surface area contributed by atoms with Crippen LogP contribution in [-0.4, -0.2) is 9.97 Å². The predicted molar refractivity (Wildman–Crippen MR) is 52.2 cm³/mol. The molecule has 1 aliphatic rings. The second kappa shape index (κ2) is 2.55. The van der Waals surface area contributed by atoms with E-state index >= 15 is 0 Å². The fourth-order valence-corrected chi connectivity index (χ4v) is 2.05. The van der Waals surface area contributed by atoms with Gasteiger partial charge in [0.1, 0.15) is 9.53 Å². The Morgan fingerprint density at radius 1 is 1.45 bits per heavy atom. The third-order valence-electron chi connectivity index (χ3n) is 1.69. The Kier molecular flexibility index (Phi) is 1.67. The fraction of sp³-hybridized carbons (Fsp3) is 0.250. The summed E-state index contributed by atoms with van der Waals surface area (Å²) < 4.78 is 1.07. The third-order valence-corrected chi connectivity index (χ3v) is 2.51. The van der Waals surface area contributed by atoms with E-state index in [1.54, 1.807) is 0 Å². The lowest BCUT2D eigenvalue weighted by Gasteiger charge is -2.00. The third kappa shape index (κ3) is 1.17. The van der Waals surface area contributed by atoms with Crippen LogP contribution in [0.3, 0.4) is 0 Å². The number of allylic oxidation sites excluding steroid dienone is 1. The number of halogens is 1. The molecule has 1 heterocycles. The molecule has 0 fully saturated rings. The monoisotopic (exact) mass is 258 g/mol. The van der Waals surface area contributed by atoms with Gasteiger partial charge in [-0.15, -0.1) is 0 Å². The number of rotatable bonds is 0. The van der Waals surface area contributed by atoms with Crippen molar-refractivity contribution in [3.63, 3.8) is 0 Å². The Labute approximate surface area is 78.9 Å². The zero-order chi connectivity index (χ0) is 7.84. The lowest BCUT2D eigenvalue weighted by atomic mass is 10.3. The maximum Gasteiger partial charge on any atom is 0.126 e. The summed E-state index contributed by atoms with van der Waals surface area (Å²) in [5.41, 5.74) is 2.37. The van der Waals surface area contributed by atoms with Crippen LogP contribution in [0.1, 0.15) is 17.1 Å². The Hall–Kier alpha value is -0.450. The molecule has 0 aromatic carbocycles. The first kappa shape index (κ1) is 7.21. The van der Waals surface area contributed by atoms with Crippen LogP contribution in [0.2, 0.25) is 0 Å². The maximum atomic E-state index is 4.34. The molecule has 2 nitrogen and oxygen atoms in total. The lowest BCUT2D eigenvalue weighted by molar-refractivity contribution is 0.969. The van der Waals surface area contributed by atoms with Crippen LogP contribution in [0.4, 0.5) is 0 Å². The smallest absolute Gasteiger partial charge is 0.126 e. The number of aryl methyl sites for hydroxylation is 1. The van der Waals surface area contributed by atoms with Gasteiger partial charge in [0.05, 0.1) is 5.69 Å². The highest BCUT2D eigenvalue weighted by atomic mass is 127. The van der Waals surface area contributed by atoms with E-state index in [9.17, 15) is 0 Å². The van der Waals surface area contributed by atoms with Crippen molar-refractivity contribution in [3.05, 3.63) is 26.9 Å². The van der Waals surface area contributed by atoms with Crippen LogP contribution < -0.4 is 0 Å². The molecule has 0 saturated carbocycles. The van der Waals surface area contributed by atoms with Crippen molar-refractivity contribution in [1.29, 1.82) is 0 Å². The highest BCUT2D eigenvalue weighted by Crippen LogP contribution is 2.21. The van der Waals surface area contributed by atoms with E-state index in [0.717, 1.165) is 15.9 Å². The molecule has 0 N–H and O–H groups in total. The minimum atomic E-state index is 0.872. The van der Waals surface area contributed by atoms with Crippen molar-refractivity contribution in [2.24, 2.45) is 0 Å². The first-order valence-corrected chi connectivity index (χ1v) is 4.55. The first-order chi connectivity index (χ1) is 5.27. The molecule has 0 atom stereocenters. The van der Waals surface area contributed by atoms with Gasteiger partial charge in [-0.1, -0.05) is 12.2 Å². The molecule has 3 heteroatoms. The van der Waals surface area contributed by atoms with E-state index in [-0.39, 0.29) is 0 Å². The molecule has 0 bridgehead atoms. The zero-order valence-electron chi connectivity index (χ0n) is 6.13. The Balaban J connectivity index is 2.67. The van der Waals surface area contributed by atoms with Gasteiger partial charge in [0.15, 0.2) is 0 Å². The molecule has 1 aliphatic carbocycles. The molecule has 1 aromatic rings. The molecular formula is C8H7IN2. The topological polar surface area (TPSA) is 25.8 Å². The van der Waals surface area contributed by atoms with Crippen LogP contribution in [0, 0.1) is 10.6 Å². The standard InChI is InChI=1S/C8H7IN2/c1-5-10-7-4-2-3-6(7)8(9)11-5/h2-3H,4H2,1H3. The summed E-state index contributed by atoms with van der Waals surface area (Å²) >= 11 is 2.25. The summed E-state index contributed by atoms with van der Waals surface area (Å²) in [6, 6.07) is 0. The van der Waals surface area contributed by atoms with Crippen molar-refractivity contribution in [2.75, 3.05) is 0 Å². The summed E-state index contributed by atoms with van der Waals surface area (Å²) in [7, 11) is 0. The van der Waals surface area contributed by atoms with Gasteiger partial charge in [0.25, 0.3) is 0 Å². The molecule has 1 aromatic heterocycles. The van der Waals surface area contributed by atoms with Crippen molar-refractivity contribution in [1.82, 2.24) is 9.97 Å². The van der Waals surface area contributed by atoms with Gasteiger partial charge in [0, 0.05) is 12.0 Å². The number of aromatic nitrogens is 2. The number of hydrogen-bond acceptors (Lipinski definition) is 2. The second-order valence-corrected chi connectivity index (χ2v) is 3.55. The summed E-state index contributed by atoms with van der Waals surface area (Å²) in [5, 5.41) is 0. The molecule has 0 spiro atoms. The second-order valence-electron chi connectivity index (χ2n) is 2.53. The zero-order valence-corrected chi connectivity index (χ0v) is 8.29. The predicted octanol–water partition coefficient (Wildman–Crippen LogP) is 1.96. The number of hydrogen-bond donors (Lipinski definition) is 0. The Morgan fingerprint density at radius 3 is 3.09 bits per heavy atom. The largest absolute Gasteiger partial charge is 0.237 e. The average Bonchev–Trinajstić information content (AvgIpc) is 2.34. The molecule has 0 radical (unpaired) electrons. The van der Waals surface area contributed by atoms with E-state index in [1.807, 2.05) is 6.92 Å². The summed E-state index contributed by atoms with van der Waals surface area (Å²) in [4.78, 5) is 8.61. The Morgan fingerprint density at radius 2 is 2.27 bits per heavy atom. The molecular weight excluding hydrogens is 251 g/mol. The van der Waals surface area contributed by atoms with Crippen molar-refractivity contribution in [2.45, 2.75) is 13.3 Å². The number of nitrogens with zero attached hydrogens (tertiary/aromatic N) is 2. The van der Waals surface area contributed by atoms with Gasteiger partial charge in [-0.3, -0.25) is 0 Å². The van der Waals surface area contributed by atoms with Gasteiger partial charge in [0.2, 0.25) is 0 Å². The van der Waals surface area contributed by atoms with Crippen LogP contribution in [0.25, 0.3) is 6.08 Å². The molecule has 0 aliphatic heterocycles. The van der Waals surface area contributed by atoms with E-state index in [4.69, 9.17) is 0 Å². The van der Waals surface area contributed by atoms with Gasteiger partial charge in [-0.2, -0.15) is 0 Å². The summed E-state index contributed by atoms with van der Waals surface area (Å²) in [6.07, 6.45) is 5.19. The van der Waals surface area contributed by atoms with Crippen LogP contribution >= 0.6 is 22.6 Å². The highest BCUT2D eigenvalue weighted by Gasteiger charge is 2.11. The van der Waals surface area contributed by atoms with E-state index in [0.29, 0.717) is 0 Å². The molecule has 0 unspecified atom stereocenters. The van der Waals surface area contributed by atoms with Crippen LogP contribution in [0.5, 0.6) is 0 Å². The van der Waals surface area contributed by atoms with Crippen molar-refractivity contribution >= 4 is 28.7 Å². The quantitative estimate of drug-likeness (QED) is 0.525. The molecule has 56 valence electrons. The van der Waals surface area contributed by atoms with Gasteiger partial charge < -0.3 is 0 Å². The van der Waals surface area contributed by atoms with Gasteiger partial charge in [-0.25, -0.2) is 9.97 Å². The fourth-order valence-electron chi connectivity index (χ4n) is 1.21. The molecule has 2 rings (SSSR count). The van der Waals surface area contributed by atoms with E-state index in [1.165, 1.54) is 11.3 Å². The summed E-state index contributed by atoms with van der Waals surface area (Å²) in [6.45, 7) is 1.93. The van der Waals surface area contributed by atoms with Crippen molar-refractivity contribution in [3.8, 4) is 0 Å². The molecule has 0 amide bonds. The average molecular weight is 258 g/mol. The minimum Gasteiger partial charge on any atom is -0.237 e. The van der Waals surface area contributed by atoms with E-state index < -0.39 is 0 Å². The van der Waals surface area contributed by atoms with E-state index in [2.05, 4.69) is 44.7 Å². The first-order valence-electron chi connectivity index (χ1n) is 3.47. The van der Waals surface area contributed by atoms with Gasteiger partial charge >= 0.3 is 0 Å². The maximum absolute atomic E-state index is 4.34. The van der Waals surface area contributed by atoms with Crippen LogP contribution in [0.15, 0.2) is 6.08 Å². The SMILES string of the molecule is Cc1nc(I)c2c(n1)CC=C2. The number of fused-ring (bicyclic) bond motifs is 1. The lowest BCUT2D eigenvalue weighted by Crippen LogP contribution is -1.98. The highest BCUT2D eigenvalue weighted by molar-refractivity contribution is 14.1. The van der Waals surface area contributed by atoms with Crippen molar-refractivity contribution < 1.29 is 0 Å². The normalized spacial score (nSPS) is 13.6. The van der Waals surface area contributed by atoms with Gasteiger partial charge in [-0.05, 0) is 29.5 Å². The van der Waals surface area contributed by atoms with Crippen LogP contribution in [-0.2, 0) is 6.42 Å². The minimum absolute atomic E-state index is 0.872. The molecule has 11 heavy (non-hydrogen) atoms. The Bertz CT molecular complexity index is 331. The summed E-state index contributed by atoms with van der Waals surface area (Å²) in [5.74, 6) is 0.872.